The van der Waals surface area contributed by atoms with Crippen LogP contribution in [0.2, 0.25) is 0 Å². The summed E-state index contributed by atoms with van der Waals surface area (Å²) in [5.41, 5.74) is 0.550. The Morgan fingerprint density at radius 2 is 1.75 bits per heavy atom. The standard InChI is InChI=1S/C17H15FO2/c1-2-17(12-8-4-3-5-9-12)15(20-16(17)19)13-10-6-7-11-14(13)18/h3-11,15H,2H2,1H3/t15-,17+/m1/s1. The number of esters is 1. The normalized spacial score (nSPS) is 24.9. The molecule has 0 amide bonds. The van der Waals surface area contributed by atoms with Crippen LogP contribution in [0.5, 0.6) is 0 Å². The largest absolute Gasteiger partial charge is 0.455 e. The predicted octanol–water partition coefficient (Wildman–Crippen LogP) is 3.77. The first-order chi connectivity index (χ1) is 9.70. The zero-order valence-corrected chi connectivity index (χ0v) is 11.2. The quantitative estimate of drug-likeness (QED) is 0.793. The fourth-order valence-corrected chi connectivity index (χ4v) is 2.92. The Labute approximate surface area is 117 Å². The van der Waals surface area contributed by atoms with Gasteiger partial charge in [0.15, 0.2) is 0 Å². The highest BCUT2D eigenvalue weighted by molar-refractivity contribution is 5.90. The van der Waals surface area contributed by atoms with E-state index in [-0.39, 0.29) is 11.8 Å². The van der Waals surface area contributed by atoms with E-state index in [1.54, 1.807) is 18.2 Å². The average Bonchev–Trinajstić information content (AvgIpc) is 2.48. The molecular weight excluding hydrogens is 255 g/mol. The van der Waals surface area contributed by atoms with Gasteiger partial charge in [-0.3, -0.25) is 4.79 Å². The number of rotatable bonds is 3. The second kappa shape index (κ2) is 4.75. The lowest BCUT2D eigenvalue weighted by Gasteiger charge is -2.47. The molecule has 0 spiro atoms. The van der Waals surface area contributed by atoms with E-state index in [2.05, 4.69) is 0 Å². The van der Waals surface area contributed by atoms with Crippen LogP contribution in [0.4, 0.5) is 4.39 Å². The topological polar surface area (TPSA) is 26.3 Å². The van der Waals surface area contributed by atoms with Crippen molar-refractivity contribution in [1.82, 2.24) is 0 Å². The lowest BCUT2D eigenvalue weighted by atomic mass is 9.67. The van der Waals surface area contributed by atoms with Crippen LogP contribution in [-0.4, -0.2) is 5.97 Å². The second-order valence-electron chi connectivity index (χ2n) is 5.00. The van der Waals surface area contributed by atoms with Crippen molar-refractivity contribution in [3.05, 3.63) is 71.5 Å². The molecule has 2 aromatic carbocycles. The maximum atomic E-state index is 14.0. The summed E-state index contributed by atoms with van der Waals surface area (Å²) in [5, 5.41) is 0. The second-order valence-corrected chi connectivity index (χ2v) is 5.00. The minimum absolute atomic E-state index is 0.278. The lowest BCUT2D eigenvalue weighted by molar-refractivity contribution is -0.193. The van der Waals surface area contributed by atoms with Gasteiger partial charge in [-0.1, -0.05) is 55.5 Å². The molecule has 2 atom stereocenters. The van der Waals surface area contributed by atoms with Crippen LogP contribution >= 0.6 is 0 Å². The summed E-state index contributed by atoms with van der Waals surface area (Å²) in [6.45, 7) is 1.93. The van der Waals surface area contributed by atoms with Crippen molar-refractivity contribution < 1.29 is 13.9 Å². The Morgan fingerprint density at radius 3 is 2.35 bits per heavy atom. The van der Waals surface area contributed by atoms with Gasteiger partial charge in [-0.25, -0.2) is 4.39 Å². The molecule has 1 heterocycles. The third-order valence-corrected chi connectivity index (χ3v) is 4.07. The number of ether oxygens (including phenoxy) is 1. The molecule has 2 nitrogen and oxygen atoms in total. The van der Waals surface area contributed by atoms with E-state index >= 15 is 0 Å². The summed E-state index contributed by atoms with van der Waals surface area (Å²) in [4.78, 5) is 12.1. The molecule has 0 saturated carbocycles. The zero-order valence-electron chi connectivity index (χ0n) is 11.2. The Morgan fingerprint density at radius 1 is 1.10 bits per heavy atom. The highest BCUT2D eigenvalue weighted by Gasteiger charge is 2.59. The predicted molar refractivity (Wildman–Crippen MR) is 73.6 cm³/mol. The monoisotopic (exact) mass is 270 g/mol. The van der Waals surface area contributed by atoms with Crippen LogP contribution in [0.15, 0.2) is 54.6 Å². The van der Waals surface area contributed by atoms with Crippen molar-refractivity contribution in [3.8, 4) is 0 Å². The molecule has 0 unspecified atom stereocenters. The fraction of sp³-hybridized carbons (Fsp3) is 0.235. The summed E-state index contributed by atoms with van der Waals surface area (Å²) in [6.07, 6.45) is 0.0260. The first kappa shape index (κ1) is 12.9. The first-order valence-corrected chi connectivity index (χ1v) is 6.71. The Bertz CT molecular complexity index is 638. The Kier molecular flexibility index (Phi) is 3.05. The van der Waals surface area contributed by atoms with Gasteiger partial charge in [0, 0.05) is 5.56 Å². The number of halogens is 1. The molecule has 20 heavy (non-hydrogen) atoms. The summed E-state index contributed by atoms with van der Waals surface area (Å²) in [7, 11) is 0. The summed E-state index contributed by atoms with van der Waals surface area (Å²) < 4.78 is 19.3. The maximum absolute atomic E-state index is 14.0. The third kappa shape index (κ3) is 1.66. The summed E-state index contributed by atoms with van der Waals surface area (Å²) >= 11 is 0. The molecular formula is C17H15FO2. The van der Waals surface area contributed by atoms with Gasteiger partial charge in [0.05, 0.1) is 0 Å². The lowest BCUT2D eigenvalue weighted by Crippen LogP contribution is -2.54. The number of carbonyl (C=O) groups is 1. The van der Waals surface area contributed by atoms with Crippen LogP contribution in [0, 0.1) is 5.82 Å². The van der Waals surface area contributed by atoms with E-state index in [9.17, 15) is 9.18 Å². The van der Waals surface area contributed by atoms with E-state index in [0.29, 0.717) is 12.0 Å². The highest BCUT2D eigenvalue weighted by Crippen LogP contribution is 2.52. The van der Waals surface area contributed by atoms with Gasteiger partial charge in [-0.15, -0.1) is 0 Å². The maximum Gasteiger partial charge on any atom is 0.321 e. The van der Waals surface area contributed by atoms with Gasteiger partial charge < -0.3 is 4.74 Å². The van der Waals surface area contributed by atoms with E-state index in [1.165, 1.54) is 6.07 Å². The minimum Gasteiger partial charge on any atom is -0.455 e. The van der Waals surface area contributed by atoms with Gasteiger partial charge in [-0.05, 0) is 18.1 Å². The molecule has 0 aliphatic carbocycles. The van der Waals surface area contributed by atoms with E-state index < -0.39 is 11.5 Å². The van der Waals surface area contributed by atoms with Crippen molar-refractivity contribution >= 4 is 5.97 Å². The first-order valence-electron chi connectivity index (χ1n) is 6.71. The van der Waals surface area contributed by atoms with E-state index in [1.807, 2.05) is 37.3 Å². The van der Waals surface area contributed by atoms with Gasteiger partial charge >= 0.3 is 5.97 Å². The average molecular weight is 270 g/mol. The van der Waals surface area contributed by atoms with Crippen molar-refractivity contribution in [3.63, 3.8) is 0 Å². The molecule has 0 radical (unpaired) electrons. The van der Waals surface area contributed by atoms with Crippen molar-refractivity contribution in [2.45, 2.75) is 24.9 Å². The van der Waals surface area contributed by atoms with Gasteiger partial charge in [-0.2, -0.15) is 0 Å². The Balaban J connectivity index is 2.10. The van der Waals surface area contributed by atoms with Crippen molar-refractivity contribution in [2.75, 3.05) is 0 Å². The molecule has 3 rings (SSSR count). The summed E-state index contributed by atoms with van der Waals surface area (Å²) in [5.74, 6) is -0.613. The van der Waals surface area contributed by atoms with Gasteiger partial charge in [0.2, 0.25) is 0 Å². The molecule has 2 aromatic rings. The smallest absolute Gasteiger partial charge is 0.321 e. The molecule has 102 valence electrons. The van der Waals surface area contributed by atoms with Crippen LogP contribution in [0.3, 0.4) is 0 Å². The molecule has 1 aliphatic heterocycles. The van der Waals surface area contributed by atoms with Crippen molar-refractivity contribution in [2.24, 2.45) is 0 Å². The number of hydrogen-bond donors (Lipinski definition) is 0. The minimum atomic E-state index is -0.774. The number of benzene rings is 2. The van der Waals surface area contributed by atoms with Gasteiger partial charge in [0.25, 0.3) is 0 Å². The molecule has 1 aliphatic rings. The molecule has 0 aromatic heterocycles. The zero-order chi connectivity index (χ0) is 14.2. The molecule has 0 bridgehead atoms. The highest BCUT2D eigenvalue weighted by atomic mass is 19.1. The SMILES string of the molecule is CC[C@@]1(c2ccccc2)C(=O)O[C@@H]1c1ccccc1F. The van der Waals surface area contributed by atoms with Crippen molar-refractivity contribution in [1.29, 1.82) is 0 Å². The number of hydrogen-bond acceptors (Lipinski definition) is 2. The van der Waals surface area contributed by atoms with Gasteiger partial charge in [0.1, 0.15) is 17.3 Å². The van der Waals surface area contributed by atoms with E-state index in [4.69, 9.17) is 4.74 Å². The van der Waals surface area contributed by atoms with Crippen LogP contribution in [-0.2, 0) is 14.9 Å². The molecule has 1 saturated heterocycles. The molecule has 3 heteroatoms. The fourth-order valence-electron chi connectivity index (χ4n) is 2.92. The number of cyclic esters (lactones) is 1. The number of carbonyl (C=O) groups excluding carboxylic acids is 1. The molecule has 0 N–H and O–H groups in total. The summed E-state index contributed by atoms with van der Waals surface area (Å²) in [6, 6.07) is 15.9. The van der Waals surface area contributed by atoms with Crippen LogP contribution in [0.1, 0.15) is 30.6 Å². The third-order valence-electron chi connectivity index (χ3n) is 4.07. The van der Waals surface area contributed by atoms with E-state index in [0.717, 1.165) is 5.56 Å². The molecule has 1 fully saturated rings. The van der Waals surface area contributed by atoms with Crippen LogP contribution < -0.4 is 0 Å². The Hall–Kier alpha value is -2.16. The van der Waals surface area contributed by atoms with Crippen LogP contribution in [0.25, 0.3) is 0 Å².